The van der Waals surface area contributed by atoms with E-state index in [0.29, 0.717) is 23.0 Å². The molecule has 30 heteroatoms. The van der Waals surface area contributed by atoms with Crippen LogP contribution in [0.25, 0.3) is 33.4 Å². The molecule has 462 valence electrons. The second kappa shape index (κ2) is 33.4. The van der Waals surface area contributed by atoms with Crippen molar-refractivity contribution in [1.82, 2.24) is 55.2 Å². The molecule has 1 atom stereocenters. The molecule has 7 N–H and O–H groups in total. The zero-order chi connectivity index (χ0) is 62.2. The molecule has 0 radical (unpaired) electrons. The van der Waals surface area contributed by atoms with Gasteiger partial charge in [-0.15, -0.1) is 20.4 Å². The van der Waals surface area contributed by atoms with Gasteiger partial charge in [0, 0.05) is 137 Å². The van der Waals surface area contributed by atoms with Crippen LogP contribution in [0.4, 0.5) is 24.8 Å². The number of anilines is 2. The van der Waals surface area contributed by atoms with Gasteiger partial charge in [-0.1, -0.05) is 30.0 Å². The number of nitrogens with zero attached hydrogens (tertiary/aromatic N) is 10. The van der Waals surface area contributed by atoms with Crippen LogP contribution in [0.3, 0.4) is 0 Å². The van der Waals surface area contributed by atoms with Gasteiger partial charge in [0.1, 0.15) is 36.4 Å². The minimum Gasteiger partial charge on any atom is -0.542 e. The van der Waals surface area contributed by atoms with E-state index in [0.717, 1.165) is 70.6 Å². The first kappa shape index (κ1) is 67.7. The zero-order valence-electron chi connectivity index (χ0n) is 47.7. The number of hydrogen-bond acceptors (Lipinski definition) is 20. The number of nitrogens with one attached hydrogen (secondary N) is 3. The zero-order valence-corrected chi connectivity index (χ0v) is 48.5. The van der Waals surface area contributed by atoms with E-state index in [9.17, 15) is 62.4 Å². The Hall–Kier alpha value is -8.06. The van der Waals surface area contributed by atoms with Crippen molar-refractivity contribution in [1.29, 1.82) is 0 Å². The number of rotatable bonds is 26. The number of carbonyl (C=O) groups excluding carboxylic acids is 3. The van der Waals surface area contributed by atoms with Crippen LogP contribution in [-0.4, -0.2) is 238 Å². The van der Waals surface area contributed by atoms with Gasteiger partial charge in [-0.05, 0) is 63.9 Å². The van der Waals surface area contributed by atoms with Crippen molar-refractivity contribution in [3.63, 3.8) is 0 Å². The molecule has 1 unspecified atom stereocenters. The summed E-state index contributed by atoms with van der Waals surface area (Å²) >= 11 is 1.27. The van der Waals surface area contributed by atoms with Gasteiger partial charge in [0.2, 0.25) is 16.4 Å². The molecular formula is C55H72F3N13O13S. The Morgan fingerprint density at radius 1 is 0.718 bits per heavy atom. The summed E-state index contributed by atoms with van der Waals surface area (Å²) in [5, 5.41) is 75.0. The molecule has 3 heterocycles. The molecule has 2 aliphatic heterocycles. The fraction of sp³-hybridized carbons (Fsp3) is 0.491. The molecular weight excluding hydrogens is 1140 g/mol. The number of aromatic nitrogens is 4. The lowest BCUT2D eigenvalue weighted by Gasteiger charge is -2.35. The molecule has 26 nitrogen and oxygen atoms in total. The molecule has 0 spiro atoms. The monoisotopic (exact) mass is 1210 g/mol. The van der Waals surface area contributed by atoms with Gasteiger partial charge in [-0.3, -0.25) is 48.4 Å². The highest BCUT2D eigenvalue weighted by Crippen LogP contribution is 2.42. The highest BCUT2D eigenvalue weighted by atomic mass is 32.2. The van der Waals surface area contributed by atoms with Crippen molar-refractivity contribution in [2.75, 3.05) is 134 Å². The number of thioether (sulfide) groups is 1. The molecule has 85 heavy (non-hydrogen) atoms. The lowest BCUT2D eigenvalue weighted by Crippen LogP contribution is -2.52. The maximum absolute atomic E-state index is 14.0. The Balaban J connectivity index is 0.00000177. The summed E-state index contributed by atoms with van der Waals surface area (Å²) in [5.74, 6) is -6.87. The number of carboxylic acids is 5. The summed E-state index contributed by atoms with van der Waals surface area (Å²) in [6, 6.07) is 18.9. The molecule has 6 rings (SSSR count). The third-order valence-corrected chi connectivity index (χ3v) is 14.6. The maximum atomic E-state index is 14.0. The SMILES string of the molecule is CCN(CC)c1ccc2c(-c3ccccc3C(=O)NCCSc3nnc(NCCNC(=O)CCC(C(=O)O)N4CCN(CC(=O)O)CCN(CC(=O)O)CCN(CC(=O)O)CC4)nn3)c3ccc(=[N+](CC)CC)cc-3oc2c1.O=C([O-])C(F)(F)F. The van der Waals surface area contributed by atoms with E-state index in [1.165, 1.54) is 11.8 Å². The average Bonchev–Trinajstić information content (AvgIpc) is 1.22. The van der Waals surface area contributed by atoms with Crippen LogP contribution in [0, 0.1) is 0 Å². The van der Waals surface area contributed by atoms with Gasteiger partial charge in [0.25, 0.3) is 11.9 Å². The van der Waals surface area contributed by atoms with E-state index >= 15 is 0 Å². The normalized spacial score (nSPS) is 14.4. The lowest BCUT2D eigenvalue weighted by atomic mass is 9.90. The highest BCUT2D eigenvalue weighted by molar-refractivity contribution is 7.99. The summed E-state index contributed by atoms with van der Waals surface area (Å²) in [6.45, 7) is 12.7. The van der Waals surface area contributed by atoms with E-state index in [1.807, 2.05) is 24.3 Å². The van der Waals surface area contributed by atoms with Crippen LogP contribution in [0.2, 0.25) is 0 Å². The van der Waals surface area contributed by atoms with E-state index in [2.05, 4.69) is 110 Å². The van der Waals surface area contributed by atoms with Crippen LogP contribution in [0.1, 0.15) is 50.9 Å². The summed E-state index contributed by atoms with van der Waals surface area (Å²) in [5.41, 5.74) is 4.88. The standard InChI is InChI=1S/C53H71N13O11S.C2HF3O2/c1-5-64(6-2)36-13-15-40-43(31-36)77-44-32-37(65(7-3)8-4)14-16-41(44)49(40)38-11-9-10-12-39(38)50(74)55-21-30-78-53-59-57-52(58-60-53)56-20-19-54-45(67)18-17-42(51(75)76)66-28-26-62(34-47(70)71)24-22-61(33-46(68)69)23-25-63(27-29-66)35-48(72)73;3-2(4,5)1(6)7/h9-16,31-32,42H,5-8,17-30,33-35H2,1-4H3,(H6-,54,55,56,57,58,67,68,69,70,71,72,73,74,75,76);(H,6,7). The van der Waals surface area contributed by atoms with Gasteiger partial charge in [0.05, 0.1) is 25.7 Å². The molecule has 2 amide bonds. The molecule has 1 fully saturated rings. The fourth-order valence-corrected chi connectivity index (χ4v) is 10.1. The number of halogens is 3. The Labute approximate surface area is 492 Å². The molecule has 3 aromatic rings. The third kappa shape index (κ3) is 21.2. The highest BCUT2D eigenvalue weighted by Gasteiger charge is 2.30. The largest absolute Gasteiger partial charge is 0.542 e. The summed E-state index contributed by atoms with van der Waals surface area (Å²) in [6.07, 6.45) is -5.43. The quantitative estimate of drug-likeness (QED) is 0.0178. The molecule has 1 aliphatic carbocycles. The lowest BCUT2D eigenvalue weighted by molar-refractivity contribution is -0.344. The van der Waals surface area contributed by atoms with Gasteiger partial charge < -0.3 is 55.6 Å². The molecule has 2 aromatic carbocycles. The second-order valence-electron chi connectivity index (χ2n) is 19.3. The number of benzene rings is 3. The van der Waals surface area contributed by atoms with Crippen LogP contribution in [-0.2, 0) is 28.8 Å². The van der Waals surface area contributed by atoms with Gasteiger partial charge in [-0.25, -0.2) is 4.58 Å². The minimum absolute atomic E-state index is 0.0815. The van der Waals surface area contributed by atoms with Crippen molar-refractivity contribution in [2.24, 2.45) is 0 Å². The van der Waals surface area contributed by atoms with Crippen LogP contribution in [0.15, 0.2) is 70.2 Å². The van der Waals surface area contributed by atoms with Crippen LogP contribution in [0.5, 0.6) is 0 Å². The van der Waals surface area contributed by atoms with Crippen molar-refractivity contribution >= 4 is 76.0 Å². The topological polar surface area (TPSA) is 343 Å². The van der Waals surface area contributed by atoms with Gasteiger partial charge >= 0.3 is 30.1 Å². The Bertz CT molecular complexity index is 3080. The van der Waals surface area contributed by atoms with Crippen LogP contribution < -0.4 is 35.9 Å². The van der Waals surface area contributed by atoms with E-state index in [1.54, 1.807) is 19.6 Å². The summed E-state index contributed by atoms with van der Waals surface area (Å²) in [7, 11) is 0. The average molecular weight is 1210 g/mol. The van der Waals surface area contributed by atoms with Crippen molar-refractivity contribution in [3.05, 3.63) is 71.6 Å². The number of hydrogen-bond donors (Lipinski definition) is 7. The predicted octanol–water partition coefficient (Wildman–Crippen LogP) is 1.50. The number of alkyl halides is 3. The first-order valence-electron chi connectivity index (χ1n) is 27.5. The Kier molecular flexibility index (Phi) is 26.6. The van der Waals surface area contributed by atoms with E-state index in [4.69, 9.17) is 14.3 Å². The summed E-state index contributed by atoms with van der Waals surface area (Å²) in [4.78, 5) is 91.9. The van der Waals surface area contributed by atoms with Gasteiger partial charge in [0.15, 0.2) is 0 Å². The number of fused-ring (bicyclic) bond motifs is 2. The fourth-order valence-electron chi connectivity index (χ4n) is 9.49. The van der Waals surface area contributed by atoms with Crippen LogP contribution >= 0.6 is 11.8 Å². The summed E-state index contributed by atoms with van der Waals surface area (Å²) < 4.78 is 40.5. The Morgan fingerprint density at radius 2 is 1.28 bits per heavy atom. The van der Waals surface area contributed by atoms with Crippen molar-refractivity contribution in [2.45, 2.75) is 57.9 Å². The smallest absolute Gasteiger partial charge is 0.430 e. The molecule has 0 saturated carbocycles. The minimum atomic E-state index is -5.19. The number of aliphatic carboxylic acids is 5. The first-order chi connectivity index (χ1) is 40.5. The van der Waals surface area contributed by atoms with Crippen molar-refractivity contribution in [3.8, 4) is 22.5 Å². The van der Waals surface area contributed by atoms with Crippen molar-refractivity contribution < 1.29 is 76.7 Å². The van der Waals surface area contributed by atoms with E-state index < -0.39 is 48.0 Å². The first-order valence-corrected chi connectivity index (χ1v) is 28.5. The second-order valence-corrected chi connectivity index (χ2v) is 20.4. The van der Waals surface area contributed by atoms with Gasteiger partial charge in [-0.2, -0.15) is 13.2 Å². The number of carboxylic acid groups (broad SMARTS) is 5. The predicted molar refractivity (Wildman–Crippen MR) is 306 cm³/mol. The third-order valence-electron chi connectivity index (χ3n) is 13.7. The molecule has 1 aromatic heterocycles. The molecule has 3 aliphatic rings. The van der Waals surface area contributed by atoms with E-state index in [-0.39, 0.29) is 110 Å². The number of amides is 2. The maximum Gasteiger partial charge on any atom is 0.430 e. The molecule has 0 bridgehead atoms. The Morgan fingerprint density at radius 3 is 1.81 bits per heavy atom. The molecule has 1 saturated heterocycles. The number of carbonyl (C=O) groups is 7.